The van der Waals surface area contributed by atoms with Gasteiger partial charge in [0, 0.05) is 12.1 Å². The highest BCUT2D eigenvalue weighted by Gasteiger charge is 2.22. The third-order valence-corrected chi connectivity index (χ3v) is 5.03. The highest BCUT2D eigenvalue weighted by molar-refractivity contribution is 5.70. The molecule has 0 radical (unpaired) electrons. The summed E-state index contributed by atoms with van der Waals surface area (Å²) in [5, 5.41) is 4.84. The number of aryl methyl sites for hydroxylation is 4. The van der Waals surface area contributed by atoms with Gasteiger partial charge >= 0.3 is 0 Å². The van der Waals surface area contributed by atoms with E-state index in [9.17, 15) is 0 Å². The molecule has 0 atom stereocenters. The Kier molecular flexibility index (Phi) is 5.52. The molecule has 1 aromatic carbocycles. The van der Waals surface area contributed by atoms with Gasteiger partial charge in [0.05, 0.1) is 11.3 Å². The van der Waals surface area contributed by atoms with Gasteiger partial charge < -0.3 is 4.42 Å². The second-order valence-electron chi connectivity index (χ2n) is 7.38. The minimum atomic E-state index is 0.896. The average molecular weight is 354 g/mol. The van der Waals surface area contributed by atoms with E-state index in [2.05, 4.69) is 57.7 Å². The molecular formula is C22H31N3O. The maximum atomic E-state index is 6.22. The summed E-state index contributed by atoms with van der Waals surface area (Å²) in [6.45, 7) is 16.0. The van der Waals surface area contributed by atoms with Crippen LogP contribution in [0.5, 0.6) is 0 Å². The predicted molar refractivity (Wildman–Crippen MR) is 108 cm³/mol. The van der Waals surface area contributed by atoms with E-state index < -0.39 is 0 Å². The smallest absolute Gasteiger partial charge is 0.227 e. The minimum Gasteiger partial charge on any atom is -0.441 e. The van der Waals surface area contributed by atoms with Crippen molar-refractivity contribution >= 4 is 5.71 Å². The third-order valence-electron chi connectivity index (χ3n) is 5.03. The third kappa shape index (κ3) is 3.43. The first-order valence-corrected chi connectivity index (χ1v) is 9.73. The first kappa shape index (κ1) is 18.7. The van der Waals surface area contributed by atoms with E-state index in [4.69, 9.17) is 9.52 Å². The van der Waals surface area contributed by atoms with E-state index in [1.165, 1.54) is 22.3 Å². The molecule has 3 aromatic rings. The Morgan fingerprint density at radius 2 is 1.73 bits per heavy atom. The molecule has 4 heteroatoms. The Balaban J connectivity index is 2.08. The molecular weight excluding hydrogens is 322 g/mol. The summed E-state index contributed by atoms with van der Waals surface area (Å²) in [6.07, 6.45) is 2.32. The van der Waals surface area contributed by atoms with Crippen molar-refractivity contribution < 1.29 is 4.42 Å². The molecule has 140 valence electrons. The van der Waals surface area contributed by atoms with Gasteiger partial charge in [0.25, 0.3) is 0 Å². The number of aromatic nitrogens is 2. The Morgan fingerprint density at radius 1 is 1.04 bits per heavy atom. The van der Waals surface area contributed by atoms with E-state index in [1.54, 1.807) is 0 Å². The molecule has 3 rings (SSSR count). The van der Waals surface area contributed by atoms with Crippen LogP contribution in [0.15, 0.2) is 22.6 Å². The SMILES string of the molecule is CCCN(CCC)Cc1c(C)nn2c(-c3ccc(C)cc3C)c(C)oc12. The Morgan fingerprint density at radius 3 is 2.35 bits per heavy atom. The van der Waals surface area contributed by atoms with Crippen LogP contribution in [0.1, 0.15) is 54.8 Å². The fourth-order valence-corrected chi connectivity index (χ4v) is 3.83. The number of hydrogen-bond donors (Lipinski definition) is 0. The molecule has 4 nitrogen and oxygen atoms in total. The van der Waals surface area contributed by atoms with Gasteiger partial charge in [-0.15, -0.1) is 0 Å². The molecule has 0 aliphatic carbocycles. The van der Waals surface area contributed by atoms with E-state index in [-0.39, 0.29) is 0 Å². The normalized spacial score (nSPS) is 11.8. The van der Waals surface area contributed by atoms with Crippen LogP contribution in [0.25, 0.3) is 17.0 Å². The molecule has 2 heterocycles. The number of benzene rings is 1. The molecule has 0 amide bonds. The maximum absolute atomic E-state index is 6.22. The van der Waals surface area contributed by atoms with Gasteiger partial charge in [-0.05, 0) is 59.2 Å². The molecule has 0 bridgehead atoms. The molecule has 0 fully saturated rings. The number of nitrogens with zero attached hydrogens (tertiary/aromatic N) is 3. The van der Waals surface area contributed by atoms with Crippen LogP contribution < -0.4 is 0 Å². The Hall–Kier alpha value is -2.07. The fraction of sp³-hybridized carbons (Fsp3) is 0.500. The van der Waals surface area contributed by atoms with Crippen molar-refractivity contribution in [2.24, 2.45) is 0 Å². The van der Waals surface area contributed by atoms with E-state index in [1.807, 2.05) is 11.4 Å². The zero-order valence-corrected chi connectivity index (χ0v) is 17.0. The average Bonchev–Trinajstić information content (AvgIpc) is 3.03. The lowest BCUT2D eigenvalue weighted by Crippen LogP contribution is -2.25. The largest absolute Gasteiger partial charge is 0.441 e. The van der Waals surface area contributed by atoms with Crippen LogP contribution >= 0.6 is 0 Å². The lowest BCUT2D eigenvalue weighted by Gasteiger charge is -2.20. The number of oxazole rings is 1. The Labute approximate surface area is 156 Å². The van der Waals surface area contributed by atoms with Gasteiger partial charge in [-0.25, -0.2) is 0 Å². The Bertz CT molecular complexity index is 898. The molecule has 0 aliphatic heterocycles. The molecule has 0 N–H and O–H groups in total. The summed E-state index contributed by atoms with van der Waals surface area (Å²) < 4.78 is 8.23. The van der Waals surface area contributed by atoms with Crippen molar-refractivity contribution in [3.05, 3.63) is 46.3 Å². The van der Waals surface area contributed by atoms with Crippen LogP contribution in [-0.4, -0.2) is 27.6 Å². The van der Waals surface area contributed by atoms with Crippen molar-refractivity contribution in [3.8, 4) is 11.3 Å². The van der Waals surface area contributed by atoms with Crippen molar-refractivity contribution in [2.45, 2.75) is 60.9 Å². The zero-order valence-electron chi connectivity index (χ0n) is 17.0. The molecule has 0 spiro atoms. The fourth-order valence-electron chi connectivity index (χ4n) is 3.83. The standard InChI is InChI=1S/C22H31N3O/c1-7-11-24(12-8-2)14-20-17(5)23-25-21(18(6)26-22(20)25)19-10-9-15(3)13-16(19)4/h9-10,13H,7-8,11-12,14H2,1-6H3. The van der Waals surface area contributed by atoms with Crippen LogP contribution in [-0.2, 0) is 6.54 Å². The van der Waals surface area contributed by atoms with Crippen LogP contribution in [0.2, 0.25) is 0 Å². The van der Waals surface area contributed by atoms with Crippen LogP contribution in [0.3, 0.4) is 0 Å². The summed E-state index contributed by atoms with van der Waals surface area (Å²) in [5.41, 5.74) is 7.97. The number of hydrogen-bond acceptors (Lipinski definition) is 3. The van der Waals surface area contributed by atoms with Gasteiger partial charge in [-0.3, -0.25) is 4.90 Å². The summed E-state index contributed by atoms with van der Waals surface area (Å²) in [4.78, 5) is 2.50. The maximum Gasteiger partial charge on any atom is 0.227 e. The highest BCUT2D eigenvalue weighted by atomic mass is 16.4. The first-order valence-electron chi connectivity index (χ1n) is 9.73. The highest BCUT2D eigenvalue weighted by Crippen LogP contribution is 2.32. The zero-order chi connectivity index (χ0) is 18.8. The summed E-state index contributed by atoms with van der Waals surface area (Å²) in [7, 11) is 0. The number of fused-ring (bicyclic) bond motifs is 1. The summed E-state index contributed by atoms with van der Waals surface area (Å²) in [5.74, 6) is 0.929. The summed E-state index contributed by atoms with van der Waals surface area (Å²) >= 11 is 0. The molecule has 0 aliphatic rings. The van der Waals surface area contributed by atoms with Gasteiger partial charge in [0.2, 0.25) is 5.71 Å². The van der Waals surface area contributed by atoms with E-state index in [0.717, 1.165) is 55.3 Å². The predicted octanol–water partition coefficient (Wildman–Crippen LogP) is 5.45. The topological polar surface area (TPSA) is 33.7 Å². The van der Waals surface area contributed by atoms with Crippen molar-refractivity contribution in [1.82, 2.24) is 14.5 Å². The van der Waals surface area contributed by atoms with Crippen molar-refractivity contribution in [2.75, 3.05) is 13.1 Å². The molecule has 0 unspecified atom stereocenters. The molecule has 2 aromatic heterocycles. The lowest BCUT2D eigenvalue weighted by atomic mass is 10.0. The van der Waals surface area contributed by atoms with Crippen molar-refractivity contribution in [3.63, 3.8) is 0 Å². The van der Waals surface area contributed by atoms with Gasteiger partial charge in [0.15, 0.2) is 0 Å². The molecule has 0 saturated heterocycles. The quantitative estimate of drug-likeness (QED) is 0.566. The van der Waals surface area contributed by atoms with Gasteiger partial charge in [0.1, 0.15) is 11.5 Å². The van der Waals surface area contributed by atoms with Crippen LogP contribution in [0.4, 0.5) is 0 Å². The van der Waals surface area contributed by atoms with E-state index >= 15 is 0 Å². The molecule has 26 heavy (non-hydrogen) atoms. The number of rotatable bonds is 7. The van der Waals surface area contributed by atoms with E-state index in [0.29, 0.717) is 0 Å². The second-order valence-corrected chi connectivity index (χ2v) is 7.38. The minimum absolute atomic E-state index is 0.896. The van der Waals surface area contributed by atoms with Crippen molar-refractivity contribution in [1.29, 1.82) is 0 Å². The lowest BCUT2D eigenvalue weighted by molar-refractivity contribution is 0.266. The monoisotopic (exact) mass is 353 g/mol. The first-order chi connectivity index (χ1) is 12.5. The summed E-state index contributed by atoms with van der Waals surface area (Å²) in [6, 6.07) is 6.55. The van der Waals surface area contributed by atoms with Gasteiger partial charge in [-0.2, -0.15) is 9.61 Å². The van der Waals surface area contributed by atoms with Crippen LogP contribution in [0, 0.1) is 27.7 Å². The van der Waals surface area contributed by atoms with Gasteiger partial charge in [-0.1, -0.05) is 37.6 Å². The second kappa shape index (κ2) is 7.67. The molecule has 0 saturated carbocycles.